The van der Waals surface area contributed by atoms with Gasteiger partial charge in [0.25, 0.3) is 0 Å². The van der Waals surface area contributed by atoms with Gasteiger partial charge in [-0.15, -0.1) is 0 Å². The number of anilines is 1. The molecule has 0 saturated heterocycles. The van der Waals surface area contributed by atoms with Gasteiger partial charge in [-0.05, 0) is 67.1 Å². The van der Waals surface area contributed by atoms with Crippen molar-refractivity contribution in [3.8, 4) is 0 Å². The topological polar surface area (TPSA) is 66.5 Å². The van der Waals surface area contributed by atoms with E-state index in [1.165, 1.54) is 35.6 Å². The first-order valence-corrected chi connectivity index (χ1v) is 10.5. The third kappa shape index (κ3) is 4.73. The van der Waals surface area contributed by atoms with Gasteiger partial charge in [0, 0.05) is 25.7 Å². The Labute approximate surface area is 159 Å². The highest BCUT2D eigenvalue weighted by molar-refractivity contribution is 7.89. The van der Waals surface area contributed by atoms with Crippen LogP contribution >= 0.6 is 0 Å². The highest BCUT2D eigenvalue weighted by atomic mass is 32.2. The van der Waals surface area contributed by atoms with Crippen LogP contribution in [-0.4, -0.2) is 27.4 Å². The number of aryl methyl sites for hydroxylation is 2. The summed E-state index contributed by atoms with van der Waals surface area (Å²) in [5.41, 5.74) is 2.71. The van der Waals surface area contributed by atoms with Crippen LogP contribution in [0.3, 0.4) is 0 Å². The number of hydrogen-bond acceptors (Lipinski definition) is 3. The zero-order valence-electron chi connectivity index (χ0n) is 15.2. The Hall–Kier alpha value is -2.25. The second-order valence-corrected chi connectivity index (χ2v) is 8.45. The summed E-state index contributed by atoms with van der Waals surface area (Å²) >= 11 is 0. The summed E-state index contributed by atoms with van der Waals surface area (Å²) in [7, 11) is -3.67. The summed E-state index contributed by atoms with van der Waals surface area (Å²) in [4.78, 5) is 13.5. The average Bonchev–Trinajstić information content (AvgIpc) is 2.64. The fourth-order valence-corrected chi connectivity index (χ4v) is 4.44. The summed E-state index contributed by atoms with van der Waals surface area (Å²) in [6, 6.07) is 10.9. The van der Waals surface area contributed by atoms with Crippen LogP contribution in [0.2, 0.25) is 0 Å². The Balaban J connectivity index is 1.68. The van der Waals surface area contributed by atoms with E-state index in [-0.39, 0.29) is 23.9 Å². The molecule has 2 aromatic rings. The van der Waals surface area contributed by atoms with E-state index in [0.717, 1.165) is 31.2 Å². The molecule has 27 heavy (non-hydrogen) atoms. The SMILES string of the molecule is CC(=O)N(CCNS(=O)(=O)c1ccc2c(c1)CCCC2)c1cccc(F)c1. The zero-order chi connectivity index (χ0) is 19.4. The minimum absolute atomic E-state index is 0.0372. The summed E-state index contributed by atoms with van der Waals surface area (Å²) in [6.07, 6.45) is 4.10. The van der Waals surface area contributed by atoms with Gasteiger partial charge < -0.3 is 4.90 Å². The first-order valence-electron chi connectivity index (χ1n) is 9.02. The van der Waals surface area contributed by atoms with E-state index < -0.39 is 15.8 Å². The molecular formula is C20H23FN2O3S. The summed E-state index contributed by atoms with van der Waals surface area (Å²) < 4.78 is 41.1. The standard InChI is InChI=1S/C20H23FN2O3S/c1-15(24)23(19-8-4-7-18(21)14-19)12-11-22-27(25,26)20-10-9-16-5-2-3-6-17(16)13-20/h4,7-10,13-14,22H,2-3,5-6,11-12H2,1H3. The normalized spacial score (nSPS) is 13.9. The molecule has 5 nitrogen and oxygen atoms in total. The predicted molar refractivity (Wildman–Crippen MR) is 103 cm³/mol. The number of benzene rings is 2. The lowest BCUT2D eigenvalue weighted by molar-refractivity contribution is -0.116. The van der Waals surface area contributed by atoms with Crippen molar-refractivity contribution < 1.29 is 17.6 Å². The fraction of sp³-hybridized carbons (Fsp3) is 0.350. The molecular weight excluding hydrogens is 367 g/mol. The number of hydrogen-bond donors (Lipinski definition) is 1. The van der Waals surface area contributed by atoms with Gasteiger partial charge in [0.2, 0.25) is 15.9 Å². The van der Waals surface area contributed by atoms with Gasteiger partial charge in [0.1, 0.15) is 5.82 Å². The van der Waals surface area contributed by atoms with Crippen molar-refractivity contribution in [1.82, 2.24) is 4.72 Å². The molecule has 1 N–H and O–H groups in total. The Morgan fingerprint density at radius 2 is 1.85 bits per heavy atom. The van der Waals surface area contributed by atoms with Crippen LogP contribution in [0.15, 0.2) is 47.4 Å². The molecule has 3 rings (SSSR count). The first-order chi connectivity index (χ1) is 12.9. The third-order valence-electron chi connectivity index (χ3n) is 4.76. The maximum absolute atomic E-state index is 13.4. The number of nitrogens with one attached hydrogen (secondary N) is 1. The monoisotopic (exact) mass is 390 g/mol. The average molecular weight is 390 g/mol. The molecule has 0 radical (unpaired) electrons. The number of halogens is 1. The molecule has 0 spiro atoms. The van der Waals surface area contributed by atoms with Crippen molar-refractivity contribution >= 4 is 21.6 Å². The number of nitrogens with zero attached hydrogens (tertiary/aromatic N) is 1. The lowest BCUT2D eigenvalue weighted by atomic mass is 9.92. The lowest BCUT2D eigenvalue weighted by Gasteiger charge is -2.21. The molecule has 1 amide bonds. The van der Waals surface area contributed by atoms with Gasteiger partial charge in [0.15, 0.2) is 0 Å². The van der Waals surface area contributed by atoms with E-state index in [1.54, 1.807) is 18.2 Å². The van der Waals surface area contributed by atoms with Gasteiger partial charge >= 0.3 is 0 Å². The second-order valence-electron chi connectivity index (χ2n) is 6.69. The Morgan fingerprint density at radius 1 is 1.11 bits per heavy atom. The Kier molecular flexibility index (Phi) is 5.92. The number of amides is 1. The second kappa shape index (κ2) is 8.19. The third-order valence-corrected chi connectivity index (χ3v) is 6.22. The van der Waals surface area contributed by atoms with Gasteiger partial charge in [-0.3, -0.25) is 4.79 Å². The maximum atomic E-state index is 13.4. The number of carbonyl (C=O) groups is 1. The summed E-state index contributed by atoms with van der Waals surface area (Å²) in [5.74, 6) is -0.734. The van der Waals surface area contributed by atoms with Crippen LogP contribution in [0.25, 0.3) is 0 Å². The van der Waals surface area contributed by atoms with Crippen molar-refractivity contribution in [3.63, 3.8) is 0 Å². The summed E-state index contributed by atoms with van der Waals surface area (Å²) in [5, 5.41) is 0. The minimum Gasteiger partial charge on any atom is -0.311 e. The van der Waals surface area contributed by atoms with Crippen LogP contribution < -0.4 is 9.62 Å². The molecule has 7 heteroatoms. The Morgan fingerprint density at radius 3 is 2.56 bits per heavy atom. The molecule has 0 unspecified atom stereocenters. The van der Waals surface area contributed by atoms with E-state index in [2.05, 4.69) is 4.72 Å². The van der Waals surface area contributed by atoms with E-state index in [4.69, 9.17) is 0 Å². The highest BCUT2D eigenvalue weighted by Gasteiger charge is 2.19. The van der Waals surface area contributed by atoms with E-state index >= 15 is 0 Å². The lowest BCUT2D eigenvalue weighted by Crippen LogP contribution is -2.37. The number of sulfonamides is 1. The quantitative estimate of drug-likeness (QED) is 0.824. The van der Waals surface area contributed by atoms with Gasteiger partial charge in [-0.25, -0.2) is 17.5 Å². The largest absolute Gasteiger partial charge is 0.311 e. The molecule has 144 valence electrons. The van der Waals surface area contributed by atoms with Crippen molar-refractivity contribution in [3.05, 3.63) is 59.4 Å². The molecule has 0 aromatic heterocycles. The molecule has 0 bridgehead atoms. The van der Waals surface area contributed by atoms with Crippen LogP contribution in [-0.2, 0) is 27.7 Å². The van der Waals surface area contributed by atoms with E-state index in [9.17, 15) is 17.6 Å². The molecule has 0 saturated carbocycles. The molecule has 2 aromatic carbocycles. The van der Waals surface area contributed by atoms with Crippen LogP contribution in [0.1, 0.15) is 30.9 Å². The van der Waals surface area contributed by atoms with Crippen molar-refractivity contribution in [2.24, 2.45) is 0 Å². The van der Waals surface area contributed by atoms with Gasteiger partial charge in [-0.1, -0.05) is 12.1 Å². The first kappa shape index (κ1) is 19.5. The van der Waals surface area contributed by atoms with Crippen molar-refractivity contribution in [2.75, 3.05) is 18.0 Å². The Bertz CT molecular complexity index is 944. The van der Waals surface area contributed by atoms with Crippen LogP contribution in [0.5, 0.6) is 0 Å². The van der Waals surface area contributed by atoms with Crippen molar-refractivity contribution in [2.45, 2.75) is 37.5 Å². The highest BCUT2D eigenvalue weighted by Crippen LogP contribution is 2.24. The fourth-order valence-electron chi connectivity index (χ4n) is 3.36. The smallest absolute Gasteiger partial charge is 0.240 e. The van der Waals surface area contributed by atoms with E-state index in [1.807, 2.05) is 6.07 Å². The van der Waals surface area contributed by atoms with E-state index in [0.29, 0.717) is 5.69 Å². The minimum atomic E-state index is -3.67. The summed E-state index contributed by atoms with van der Waals surface area (Å²) in [6.45, 7) is 1.52. The molecule has 0 fully saturated rings. The number of rotatable bonds is 6. The van der Waals surface area contributed by atoms with Gasteiger partial charge in [0.05, 0.1) is 4.90 Å². The van der Waals surface area contributed by atoms with Crippen molar-refractivity contribution in [1.29, 1.82) is 0 Å². The number of carbonyl (C=O) groups excluding carboxylic acids is 1. The molecule has 0 aliphatic heterocycles. The molecule has 0 atom stereocenters. The predicted octanol–water partition coefficient (Wildman–Crippen LogP) is 3.04. The maximum Gasteiger partial charge on any atom is 0.240 e. The zero-order valence-corrected chi connectivity index (χ0v) is 16.1. The molecule has 0 heterocycles. The molecule has 1 aliphatic rings. The van der Waals surface area contributed by atoms with Crippen LogP contribution in [0.4, 0.5) is 10.1 Å². The van der Waals surface area contributed by atoms with Gasteiger partial charge in [-0.2, -0.15) is 0 Å². The molecule has 1 aliphatic carbocycles. The van der Waals surface area contributed by atoms with Crippen LogP contribution in [0, 0.1) is 5.82 Å². The number of fused-ring (bicyclic) bond motifs is 1.